The minimum Gasteiger partial charge on any atom is -0.396 e. The Labute approximate surface area is 122 Å². The van der Waals surface area contributed by atoms with E-state index in [1.54, 1.807) is 0 Å². The minimum atomic E-state index is -0.554. The summed E-state index contributed by atoms with van der Waals surface area (Å²) in [6, 6.07) is 9.62. The number of carbonyl (C=O) groups excluding carboxylic acids is 1. The molecule has 1 aromatic carbocycles. The minimum absolute atomic E-state index is 0.204. The van der Waals surface area contributed by atoms with Crippen LogP contribution in [0, 0.1) is 5.92 Å². The lowest BCUT2D eigenvalue weighted by Crippen LogP contribution is -2.25. The van der Waals surface area contributed by atoms with Gasteiger partial charge in [-0.1, -0.05) is 35.5 Å². The Morgan fingerprint density at radius 1 is 1.33 bits per heavy atom. The molecule has 1 aliphatic carbocycles. The first-order chi connectivity index (χ1) is 10.2. The van der Waals surface area contributed by atoms with E-state index in [4.69, 9.17) is 15.4 Å². The molecule has 0 bridgehead atoms. The molecule has 3 N–H and O–H groups in total. The third kappa shape index (κ3) is 2.56. The fourth-order valence-corrected chi connectivity index (χ4v) is 3.04. The van der Waals surface area contributed by atoms with Gasteiger partial charge in [-0.05, 0) is 31.1 Å². The van der Waals surface area contributed by atoms with Crippen LogP contribution in [0.15, 0.2) is 34.9 Å². The van der Waals surface area contributed by atoms with Gasteiger partial charge in [0.05, 0.1) is 0 Å². The number of benzene rings is 1. The number of rotatable bonds is 5. The SMILES string of the molecule is NC(=O)c1noc(-c2ccccc2)c1C1CC(CCO)C1. The molecule has 1 aliphatic rings. The maximum atomic E-state index is 11.6. The Bertz CT molecular complexity index is 630. The van der Waals surface area contributed by atoms with Crippen LogP contribution < -0.4 is 5.73 Å². The summed E-state index contributed by atoms with van der Waals surface area (Å²) in [6.45, 7) is 0.204. The van der Waals surface area contributed by atoms with Crippen LogP contribution in [-0.4, -0.2) is 22.8 Å². The highest BCUT2D eigenvalue weighted by Gasteiger charge is 2.36. The molecule has 0 unspecified atom stereocenters. The van der Waals surface area contributed by atoms with Crippen LogP contribution in [-0.2, 0) is 0 Å². The van der Waals surface area contributed by atoms with Gasteiger partial charge in [-0.15, -0.1) is 0 Å². The van der Waals surface area contributed by atoms with Crippen LogP contribution in [0.4, 0.5) is 0 Å². The third-order valence-corrected chi connectivity index (χ3v) is 4.18. The van der Waals surface area contributed by atoms with Gasteiger partial charge < -0.3 is 15.4 Å². The van der Waals surface area contributed by atoms with Gasteiger partial charge in [-0.3, -0.25) is 4.79 Å². The number of aliphatic hydroxyl groups is 1. The summed E-state index contributed by atoms with van der Waals surface area (Å²) in [5.74, 6) is 0.808. The Hall–Kier alpha value is -2.14. The Balaban J connectivity index is 1.94. The fraction of sp³-hybridized carbons (Fsp3) is 0.375. The predicted octanol–water partition coefficient (Wildman–Crippen LogP) is 2.32. The molecule has 0 spiro atoms. The summed E-state index contributed by atoms with van der Waals surface area (Å²) in [5.41, 5.74) is 7.37. The zero-order chi connectivity index (χ0) is 14.8. The molecule has 3 rings (SSSR count). The molecule has 0 aliphatic heterocycles. The summed E-state index contributed by atoms with van der Waals surface area (Å²) < 4.78 is 5.39. The third-order valence-electron chi connectivity index (χ3n) is 4.18. The second kappa shape index (κ2) is 5.69. The van der Waals surface area contributed by atoms with E-state index in [-0.39, 0.29) is 18.2 Å². The van der Waals surface area contributed by atoms with Gasteiger partial charge >= 0.3 is 0 Å². The van der Waals surface area contributed by atoms with Crippen molar-refractivity contribution in [3.05, 3.63) is 41.6 Å². The summed E-state index contributed by atoms with van der Waals surface area (Å²) in [5, 5.41) is 12.9. The van der Waals surface area contributed by atoms with Crippen molar-refractivity contribution in [2.45, 2.75) is 25.2 Å². The first kappa shape index (κ1) is 13.8. The van der Waals surface area contributed by atoms with Crippen LogP contribution >= 0.6 is 0 Å². The van der Waals surface area contributed by atoms with Crippen molar-refractivity contribution in [3.8, 4) is 11.3 Å². The van der Waals surface area contributed by atoms with Crippen molar-refractivity contribution >= 4 is 5.91 Å². The number of hydrogen-bond donors (Lipinski definition) is 2. The highest BCUT2D eigenvalue weighted by molar-refractivity contribution is 5.94. The van der Waals surface area contributed by atoms with Gasteiger partial charge in [-0.25, -0.2) is 0 Å². The maximum absolute atomic E-state index is 11.6. The van der Waals surface area contributed by atoms with Crippen molar-refractivity contribution < 1.29 is 14.4 Å². The molecule has 0 atom stereocenters. The van der Waals surface area contributed by atoms with Crippen LogP contribution in [0.25, 0.3) is 11.3 Å². The lowest BCUT2D eigenvalue weighted by Gasteiger charge is -2.35. The van der Waals surface area contributed by atoms with Crippen molar-refractivity contribution in [3.63, 3.8) is 0 Å². The van der Waals surface area contributed by atoms with Crippen LogP contribution in [0.5, 0.6) is 0 Å². The molecule has 1 saturated carbocycles. The van der Waals surface area contributed by atoms with Crippen molar-refractivity contribution in [2.24, 2.45) is 11.7 Å². The lowest BCUT2D eigenvalue weighted by atomic mass is 9.69. The van der Waals surface area contributed by atoms with E-state index in [1.165, 1.54) is 0 Å². The van der Waals surface area contributed by atoms with E-state index in [9.17, 15) is 4.79 Å². The predicted molar refractivity (Wildman–Crippen MR) is 77.6 cm³/mol. The zero-order valence-electron chi connectivity index (χ0n) is 11.7. The quantitative estimate of drug-likeness (QED) is 0.882. The molecule has 5 nitrogen and oxygen atoms in total. The van der Waals surface area contributed by atoms with Crippen LogP contribution in [0.3, 0.4) is 0 Å². The molecule has 1 fully saturated rings. The lowest BCUT2D eigenvalue weighted by molar-refractivity contribution is 0.0988. The van der Waals surface area contributed by atoms with Gasteiger partial charge in [-0.2, -0.15) is 0 Å². The van der Waals surface area contributed by atoms with Gasteiger partial charge in [0.2, 0.25) is 0 Å². The molecule has 1 aromatic heterocycles. The number of nitrogens with zero attached hydrogens (tertiary/aromatic N) is 1. The molecular weight excluding hydrogens is 268 g/mol. The molecule has 0 saturated heterocycles. The van der Waals surface area contributed by atoms with Gasteiger partial charge in [0.15, 0.2) is 11.5 Å². The normalized spacial score (nSPS) is 21.0. The smallest absolute Gasteiger partial charge is 0.271 e. The molecule has 1 heterocycles. The molecule has 2 aromatic rings. The van der Waals surface area contributed by atoms with Gasteiger partial charge in [0.25, 0.3) is 5.91 Å². The Morgan fingerprint density at radius 2 is 2.05 bits per heavy atom. The number of hydrogen-bond acceptors (Lipinski definition) is 4. The van der Waals surface area contributed by atoms with Crippen LogP contribution in [0.2, 0.25) is 0 Å². The van der Waals surface area contributed by atoms with Crippen molar-refractivity contribution in [2.75, 3.05) is 6.61 Å². The standard InChI is InChI=1S/C16H18N2O3/c17-16(20)14-13(12-8-10(9-12)6-7-19)15(21-18-14)11-4-2-1-3-5-11/h1-5,10,12,19H,6-9H2,(H2,17,20). The number of aliphatic hydroxyl groups excluding tert-OH is 1. The van der Waals surface area contributed by atoms with Crippen LogP contribution in [0.1, 0.15) is 41.2 Å². The van der Waals surface area contributed by atoms with Crippen molar-refractivity contribution in [1.82, 2.24) is 5.16 Å². The number of aromatic nitrogens is 1. The fourth-order valence-electron chi connectivity index (χ4n) is 3.04. The second-order valence-electron chi connectivity index (χ2n) is 5.55. The molecule has 5 heteroatoms. The number of carbonyl (C=O) groups is 1. The zero-order valence-corrected chi connectivity index (χ0v) is 11.7. The van der Waals surface area contributed by atoms with E-state index in [2.05, 4.69) is 5.16 Å². The van der Waals surface area contributed by atoms with E-state index in [0.717, 1.165) is 30.4 Å². The molecule has 0 radical (unpaired) electrons. The van der Waals surface area contributed by atoms with Crippen molar-refractivity contribution in [1.29, 1.82) is 0 Å². The van der Waals surface area contributed by atoms with E-state index in [0.29, 0.717) is 11.7 Å². The van der Waals surface area contributed by atoms with Gasteiger partial charge in [0, 0.05) is 17.7 Å². The largest absolute Gasteiger partial charge is 0.396 e. The van der Waals surface area contributed by atoms with Gasteiger partial charge in [0.1, 0.15) is 0 Å². The summed E-state index contributed by atoms with van der Waals surface area (Å²) in [6.07, 6.45) is 2.66. The Morgan fingerprint density at radius 3 is 2.67 bits per heavy atom. The average Bonchev–Trinajstić information content (AvgIpc) is 2.87. The monoisotopic (exact) mass is 286 g/mol. The topological polar surface area (TPSA) is 89.4 Å². The number of amides is 1. The van der Waals surface area contributed by atoms with E-state index >= 15 is 0 Å². The maximum Gasteiger partial charge on any atom is 0.271 e. The molecular formula is C16H18N2O3. The highest BCUT2D eigenvalue weighted by atomic mass is 16.5. The van der Waals surface area contributed by atoms with E-state index in [1.807, 2.05) is 30.3 Å². The summed E-state index contributed by atoms with van der Waals surface area (Å²) >= 11 is 0. The molecule has 110 valence electrons. The summed E-state index contributed by atoms with van der Waals surface area (Å²) in [4.78, 5) is 11.6. The number of primary amides is 1. The number of nitrogens with two attached hydrogens (primary N) is 1. The molecule has 1 amide bonds. The summed E-state index contributed by atoms with van der Waals surface area (Å²) in [7, 11) is 0. The van der Waals surface area contributed by atoms with E-state index < -0.39 is 5.91 Å². The second-order valence-corrected chi connectivity index (χ2v) is 5.55. The average molecular weight is 286 g/mol. The first-order valence-corrected chi connectivity index (χ1v) is 7.16. The first-order valence-electron chi connectivity index (χ1n) is 7.16. The highest BCUT2D eigenvalue weighted by Crippen LogP contribution is 2.47. The Kier molecular flexibility index (Phi) is 3.75. The molecule has 21 heavy (non-hydrogen) atoms.